The number of rotatable bonds is 4. The summed E-state index contributed by atoms with van der Waals surface area (Å²) in [6, 6.07) is 0. The van der Waals surface area contributed by atoms with Gasteiger partial charge >= 0.3 is 0 Å². The summed E-state index contributed by atoms with van der Waals surface area (Å²) in [6.45, 7) is 12.0. The minimum absolute atomic E-state index is 0. The second-order valence-corrected chi connectivity index (χ2v) is 5.95. The maximum absolute atomic E-state index is 5.37. The maximum Gasteiger partial charge on any atom is 0.158 e. The first-order valence-electron chi connectivity index (χ1n) is 7.54. The molecule has 2 saturated heterocycles. The molecule has 0 saturated carbocycles. The van der Waals surface area contributed by atoms with Crippen LogP contribution in [-0.4, -0.2) is 39.0 Å². The monoisotopic (exact) mass is 290 g/mol. The van der Waals surface area contributed by atoms with Gasteiger partial charge in [-0.25, -0.2) is 0 Å². The first-order chi connectivity index (χ1) is 9.08. The Morgan fingerprint density at radius 1 is 0.700 bits per heavy atom. The highest BCUT2D eigenvalue weighted by Gasteiger charge is 2.16. The summed E-state index contributed by atoms with van der Waals surface area (Å²) in [6.07, 6.45) is 3.27. The standard InChI is InChI=1S/C8H16O2.C7H14O2.CH4/c1-7(2)6-8-9-4-3-5-10-8;1-6(2)5-7-8-3-4-9-7;/h7-8H,3-6H2,1-2H3;6-7H,3-5H2,1-2H3;1H4. The Hall–Kier alpha value is -0.160. The molecule has 0 radical (unpaired) electrons. The lowest BCUT2D eigenvalue weighted by molar-refractivity contribution is -0.185. The van der Waals surface area contributed by atoms with Gasteiger partial charge in [0.1, 0.15) is 0 Å². The van der Waals surface area contributed by atoms with Crippen molar-refractivity contribution in [3.8, 4) is 0 Å². The Kier molecular flexibility index (Phi) is 11.4. The minimum atomic E-state index is 0. The average molecular weight is 290 g/mol. The highest BCUT2D eigenvalue weighted by molar-refractivity contribution is 4.55. The average Bonchev–Trinajstić information content (AvgIpc) is 2.82. The quantitative estimate of drug-likeness (QED) is 0.788. The van der Waals surface area contributed by atoms with E-state index in [1.54, 1.807) is 0 Å². The van der Waals surface area contributed by atoms with Crippen LogP contribution >= 0.6 is 0 Å². The highest BCUT2D eigenvalue weighted by atomic mass is 16.7. The molecule has 0 spiro atoms. The summed E-state index contributed by atoms with van der Waals surface area (Å²) in [5.41, 5.74) is 0. The van der Waals surface area contributed by atoms with Gasteiger partial charge in [-0.05, 0) is 18.3 Å². The van der Waals surface area contributed by atoms with Crippen LogP contribution in [0.3, 0.4) is 0 Å². The molecule has 0 aromatic rings. The summed E-state index contributed by atoms with van der Waals surface area (Å²) in [4.78, 5) is 0. The van der Waals surface area contributed by atoms with Gasteiger partial charge in [0.15, 0.2) is 12.6 Å². The SMILES string of the molecule is C.CC(C)CC1OCCCO1.CC(C)CC1OCCO1. The molecular weight excluding hydrogens is 256 g/mol. The van der Waals surface area contributed by atoms with Crippen molar-refractivity contribution in [3.63, 3.8) is 0 Å². The minimum Gasteiger partial charge on any atom is -0.353 e. The van der Waals surface area contributed by atoms with Crippen molar-refractivity contribution in [2.24, 2.45) is 11.8 Å². The van der Waals surface area contributed by atoms with E-state index in [1.165, 1.54) is 0 Å². The van der Waals surface area contributed by atoms with Gasteiger partial charge in [-0.15, -0.1) is 0 Å². The van der Waals surface area contributed by atoms with Crippen molar-refractivity contribution in [3.05, 3.63) is 0 Å². The first-order valence-corrected chi connectivity index (χ1v) is 7.54. The molecule has 2 rings (SSSR count). The van der Waals surface area contributed by atoms with Crippen molar-refractivity contribution in [2.45, 2.75) is 67.0 Å². The van der Waals surface area contributed by atoms with Crippen LogP contribution in [0, 0.1) is 11.8 Å². The summed E-state index contributed by atoms with van der Waals surface area (Å²) in [5.74, 6) is 1.34. The molecule has 122 valence electrons. The molecule has 0 amide bonds. The molecule has 0 bridgehead atoms. The van der Waals surface area contributed by atoms with Crippen LogP contribution in [-0.2, 0) is 18.9 Å². The van der Waals surface area contributed by atoms with Gasteiger partial charge in [0, 0.05) is 12.8 Å². The van der Waals surface area contributed by atoms with Crippen LogP contribution in [0.4, 0.5) is 0 Å². The van der Waals surface area contributed by atoms with Crippen LogP contribution in [0.2, 0.25) is 0 Å². The fraction of sp³-hybridized carbons (Fsp3) is 1.00. The Morgan fingerprint density at radius 3 is 1.40 bits per heavy atom. The van der Waals surface area contributed by atoms with Gasteiger partial charge < -0.3 is 18.9 Å². The third-order valence-corrected chi connectivity index (χ3v) is 2.91. The first kappa shape index (κ1) is 19.8. The molecular formula is C16H34O4. The van der Waals surface area contributed by atoms with E-state index in [4.69, 9.17) is 18.9 Å². The van der Waals surface area contributed by atoms with Crippen LogP contribution in [0.1, 0.15) is 54.4 Å². The second-order valence-electron chi connectivity index (χ2n) is 5.95. The van der Waals surface area contributed by atoms with E-state index in [0.717, 1.165) is 45.7 Å². The Morgan fingerprint density at radius 2 is 1.05 bits per heavy atom. The van der Waals surface area contributed by atoms with Crippen molar-refractivity contribution < 1.29 is 18.9 Å². The maximum atomic E-state index is 5.37. The lowest BCUT2D eigenvalue weighted by atomic mass is 10.1. The summed E-state index contributed by atoms with van der Waals surface area (Å²) in [5, 5.41) is 0. The number of hydrogen-bond donors (Lipinski definition) is 0. The zero-order valence-corrected chi connectivity index (χ0v) is 12.9. The molecule has 0 aromatic carbocycles. The van der Waals surface area contributed by atoms with E-state index in [-0.39, 0.29) is 20.0 Å². The summed E-state index contributed by atoms with van der Waals surface area (Å²) < 4.78 is 21.2. The molecule has 2 aliphatic heterocycles. The summed E-state index contributed by atoms with van der Waals surface area (Å²) in [7, 11) is 0. The van der Waals surface area contributed by atoms with E-state index >= 15 is 0 Å². The van der Waals surface area contributed by atoms with Crippen molar-refractivity contribution in [2.75, 3.05) is 26.4 Å². The molecule has 0 N–H and O–H groups in total. The van der Waals surface area contributed by atoms with Gasteiger partial charge in [0.05, 0.1) is 26.4 Å². The van der Waals surface area contributed by atoms with Gasteiger partial charge in [-0.2, -0.15) is 0 Å². The summed E-state index contributed by atoms with van der Waals surface area (Å²) >= 11 is 0. The molecule has 0 unspecified atom stereocenters. The van der Waals surface area contributed by atoms with Crippen molar-refractivity contribution in [1.29, 1.82) is 0 Å². The number of hydrogen-bond acceptors (Lipinski definition) is 4. The molecule has 4 nitrogen and oxygen atoms in total. The van der Waals surface area contributed by atoms with Gasteiger partial charge in [-0.1, -0.05) is 35.1 Å². The van der Waals surface area contributed by atoms with E-state index in [0.29, 0.717) is 11.8 Å². The van der Waals surface area contributed by atoms with E-state index in [1.807, 2.05) is 0 Å². The van der Waals surface area contributed by atoms with Crippen LogP contribution in [0.15, 0.2) is 0 Å². The van der Waals surface area contributed by atoms with Gasteiger partial charge in [0.2, 0.25) is 0 Å². The van der Waals surface area contributed by atoms with E-state index in [9.17, 15) is 0 Å². The third-order valence-electron chi connectivity index (χ3n) is 2.91. The molecule has 0 aliphatic carbocycles. The Balaban J connectivity index is 0.000000345. The third kappa shape index (κ3) is 9.70. The molecule has 20 heavy (non-hydrogen) atoms. The molecule has 0 atom stereocenters. The lowest BCUT2D eigenvalue weighted by Crippen LogP contribution is -2.26. The van der Waals surface area contributed by atoms with Gasteiger partial charge in [0.25, 0.3) is 0 Å². The largest absolute Gasteiger partial charge is 0.353 e. The zero-order valence-electron chi connectivity index (χ0n) is 12.9. The topological polar surface area (TPSA) is 36.9 Å². The fourth-order valence-electron chi connectivity index (χ4n) is 1.99. The van der Waals surface area contributed by atoms with Crippen LogP contribution in [0.25, 0.3) is 0 Å². The number of ether oxygens (including phenoxy) is 4. The normalized spacial score (nSPS) is 20.7. The smallest absolute Gasteiger partial charge is 0.158 e. The molecule has 2 fully saturated rings. The predicted octanol–water partition coefficient (Wildman–Crippen LogP) is 3.84. The molecule has 0 aromatic heterocycles. The van der Waals surface area contributed by atoms with Gasteiger partial charge in [-0.3, -0.25) is 0 Å². The highest BCUT2D eigenvalue weighted by Crippen LogP contribution is 2.14. The van der Waals surface area contributed by atoms with Crippen LogP contribution < -0.4 is 0 Å². The Labute approximate surface area is 125 Å². The molecule has 4 heteroatoms. The lowest BCUT2D eigenvalue weighted by Gasteiger charge is -2.24. The van der Waals surface area contributed by atoms with Crippen molar-refractivity contribution in [1.82, 2.24) is 0 Å². The fourth-order valence-corrected chi connectivity index (χ4v) is 1.99. The second kappa shape index (κ2) is 11.5. The van der Waals surface area contributed by atoms with Crippen molar-refractivity contribution >= 4 is 0 Å². The van der Waals surface area contributed by atoms with Crippen LogP contribution in [0.5, 0.6) is 0 Å². The molecule has 2 aliphatic rings. The zero-order chi connectivity index (χ0) is 14.1. The van der Waals surface area contributed by atoms with E-state index in [2.05, 4.69) is 27.7 Å². The predicted molar refractivity (Wildman–Crippen MR) is 81.6 cm³/mol. The molecule has 2 heterocycles. The Bertz CT molecular complexity index is 207. The van der Waals surface area contributed by atoms with E-state index < -0.39 is 0 Å².